The van der Waals surface area contributed by atoms with Crippen LogP contribution in [0.25, 0.3) is 0 Å². The molecule has 10 heteroatoms. The fourth-order valence-corrected chi connectivity index (χ4v) is 6.87. The smallest absolute Gasteiger partial charge is 0.335 e. The molecule has 0 bridgehead atoms. The van der Waals surface area contributed by atoms with E-state index in [-0.39, 0.29) is 52.9 Å². The summed E-state index contributed by atoms with van der Waals surface area (Å²) in [5.41, 5.74) is 2.25. The number of nitrogens with zero attached hydrogens (tertiary/aromatic N) is 1. The van der Waals surface area contributed by atoms with E-state index in [1.165, 1.54) is 44.6 Å². The van der Waals surface area contributed by atoms with Gasteiger partial charge in [-0.2, -0.15) is 0 Å². The van der Waals surface area contributed by atoms with Crippen LogP contribution in [0.1, 0.15) is 41.6 Å². The molecular formula is C32H27NO9. The maximum Gasteiger partial charge on any atom is 0.335 e. The maximum atomic E-state index is 14.0. The second-order valence-corrected chi connectivity index (χ2v) is 10.9. The quantitative estimate of drug-likeness (QED) is 0.312. The van der Waals surface area contributed by atoms with Crippen molar-refractivity contribution in [1.29, 1.82) is 0 Å². The van der Waals surface area contributed by atoms with Crippen molar-refractivity contribution in [3.05, 3.63) is 82.0 Å². The minimum Gasteiger partial charge on any atom is -0.502 e. The number of anilines is 1. The second-order valence-electron chi connectivity index (χ2n) is 10.9. The first kappa shape index (κ1) is 27.2. The highest BCUT2D eigenvalue weighted by Crippen LogP contribution is 2.56. The summed E-state index contributed by atoms with van der Waals surface area (Å²) in [5, 5.41) is 20.0. The summed E-state index contributed by atoms with van der Waals surface area (Å²) in [6.07, 6.45) is 3.51. The molecule has 10 nitrogen and oxygen atoms in total. The van der Waals surface area contributed by atoms with Crippen molar-refractivity contribution in [2.45, 2.75) is 25.7 Å². The number of carboxylic acid groups (broad SMARTS) is 1. The number of allylic oxidation sites excluding steroid dienone is 6. The Hall–Kier alpha value is -4.99. The van der Waals surface area contributed by atoms with Gasteiger partial charge in [-0.1, -0.05) is 17.7 Å². The van der Waals surface area contributed by atoms with Gasteiger partial charge in [-0.25, -0.2) is 4.79 Å². The second kappa shape index (κ2) is 9.83. The van der Waals surface area contributed by atoms with E-state index in [1.54, 1.807) is 19.1 Å². The van der Waals surface area contributed by atoms with E-state index >= 15 is 0 Å². The third kappa shape index (κ3) is 3.89. The predicted octanol–water partition coefficient (Wildman–Crippen LogP) is 3.74. The van der Waals surface area contributed by atoms with Gasteiger partial charge in [0.1, 0.15) is 0 Å². The minimum atomic E-state index is -1.18. The zero-order valence-electron chi connectivity index (χ0n) is 23.0. The minimum absolute atomic E-state index is 0.0573. The molecular weight excluding hydrogens is 542 g/mol. The van der Waals surface area contributed by atoms with Crippen molar-refractivity contribution in [2.24, 2.45) is 17.8 Å². The Bertz CT molecular complexity index is 1690. The Morgan fingerprint density at radius 1 is 0.976 bits per heavy atom. The number of Topliss-reactive ketones (excluding diaryl/α,β-unsaturated/α-hetero) is 1. The Morgan fingerprint density at radius 2 is 1.67 bits per heavy atom. The van der Waals surface area contributed by atoms with Crippen LogP contribution in [0, 0.1) is 17.8 Å². The summed E-state index contributed by atoms with van der Waals surface area (Å²) in [6, 6.07) is 8.83. The number of hydrogen-bond donors (Lipinski definition) is 2. The number of aromatic carboxylic acids is 1. The molecule has 1 heterocycles. The fraction of sp³-hybridized carbons (Fsp3) is 0.281. The molecule has 0 saturated carbocycles. The lowest BCUT2D eigenvalue weighted by Crippen LogP contribution is -2.39. The van der Waals surface area contributed by atoms with E-state index in [9.17, 15) is 34.2 Å². The molecule has 0 aromatic heterocycles. The monoisotopic (exact) mass is 569 g/mol. The highest BCUT2D eigenvalue weighted by molar-refractivity contribution is 6.25. The number of carbonyl (C=O) groups excluding carboxylic acids is 4. The van der Waals surface area contributed by atoms with Crippen LogP contribution in [-0.4, -0.2) is 53.8 Å². The number of ether oxygens (including phenoxy) is 2. The van der Waals surface area contributed by atoms with Crippen LogP contribution in [0.3, 0.4) is 0 Å². The number of phenolic OH excluding ortho intramolecular Hbond substituents is 1. The third-order valence-corrected chi connectivity index (χ3v) is 8.75. The number of fused-ring (bicyclic) bond motifs is 3. The Kier molecular flexibility index (Phi) is 6.36. The highest BCUT2D eigenvalue weighted by atomic mass is 16.5. The molecule has 4 aliphatic rings. The summed E-state index contributed by atoms with van der Waals surface area (Å²) in [7, 11) is 2.77. The molecule has 2 N–H and O–H groups in total. The summed E-state index contributed by atoms with van der Waals surface area (Å²) in [6.45, 7) is 1.57. The number of rotatable bonds is 5. The molecule has 42 heavy (non-hydrogen) atoms. The number of phenols is 1. The third-order valence-electron chi connectivity index (χ3n) is 8.75. The van der Waals surface area contributed by atoms with Crippen molar-refractivity contribution in [3.63, 3.8) is 0 Å². The molecule has 1 saturated heterocycles. The molecule has 6 rings (SSSR count). The van der Waals surface area contributed by atoms with Gasteiger partial charge < -0.3 is 19.7 Å². The number of methoxy groups -OCH3 is 2. The summed E-state index contributed by atoms with van der Waals surface area (Å²) >= 11 is 0. The van der Waals surface area contributed by atoms with Gasteiger partial charge in [-0.3, -0.25) is 24.1 Å². The number of carbonyl (C=O) groups is 5. The Labute approximate surface area is 240 Å². The maximum absolute atomic E-state index is 14.0. The van der Waals surface area contributed by atoms with Gasteiger partial charge >= 0.3 is 5.97 Å². The van der Waals surface area contributed by atoms with Crippen molar-refractivity contribution in [1.82, 2.24) is 0 Å². The summed E-state index contributed by atoms with van der Waals surface area (Å²) in [5.74, 6) is -5.58. The molecule has 0 radical (unpaired) electrons. The summed E-state index contributed by atoms with van der Waals surface area (Å²) in [4.78, 5) is 67.2. The molecule has 2 aromatic rings. The average molecular weight is 570 g/mol. The number of hydrogen-bond acceptors (Lipinski definition) is 8. The molecule has 4 atom stereocenters. The van der Waals surface area contributed by atoms with Crippen LogP contribution in [-0.2, 0) is 19.2 Å². The zero-order chi connectivity index (χ0) is 30.0. The number of benzene rings is 2. The van der Waals surface area contributed by atoms with E-state index in [0.717, 1.165) is 10.5 Å². The van der Waals surface area contributed by atoms with Crippen LogP contribution in [0.2, 0.25) is 0 Å². The molecule has 0 spiro atoms. The lowest BCUT2D eigenvalue weighted by molar-refractivity contribution is -0.123. The van der Waals surface area contributed by atoms with Gasteiger partial charge in [0.2, 0.25) is 17.6 Å². The molecule has 2 amide bonds. The number of aromatic hydroxyl groups is 1. The van der Waals surface area contributed by atoms with Gasteiger partial charge in [-0.05, 0) is 67.7 Å². The van der Waals surface area contributed by atoms with Gasteiger partial charge in [0, 0.05) is 22.6 Å². The van der Waals surface area contributed by atoms with Crippen molar-refractivity contribution in [3.8, 4) is 17.2 Å². The molecule has 1 aliphatic heterocycles. The van der Waals surface area contributed by atoms with Crippen molar-refractivity contribution in [2.75, 3.05) is 19.1 Å². The molecule has 3 aliphatic carbocycles. The van der Waals surface area contributed by atoms with E-state index < -0.39 is 41.5 Å². The summed E-state index contributed by atoms with van der Waals surface area (Å²) < 4.78 is 10.7. The normalized spacial score (nSPS) is 25.0. The van der Waals surface area contributed by atoms with Crippen LogP contribution < -0.4 is 14.4 Å². The molecule has 214 valence electrons. The molecule has 2 aromatic carbocycles. The van der Waals surface area contributed by atoms with Gasteiger partial charge in [0.25, 0.3) is 0 Å². The topological polar surface area (TPSA) is 148 Å². The lowest BCUT2D eigenvalue weighted by atomic mass is 9.59. The number of imide groups is 1. The van der Waals surface area contributed by atoms with Gasteiger partial charge in [0.05, 0.1) is 37.3 Å². The predicted molar refractivity (Wildman–Crippen MR) is 148 cm³/mol. The van der Waals surface area contributed by atoms with Crippen LogP contribution in [0.5, 0.6) is 17.2 Å². The van der Waals surface area contributed by atoms with Crippen LogP contribution in [0.4, 0.5) is 5.69 Å². The lowest BCUT2D eigenvalue weighted by Gasteiger charge is -2.42. The van der Waals surface area contributed by atoms with E-state index in [1.807, 2.05) is 6.08 Å². The standard InChI is InChI=1S/C32H27NO9/c1-14-9-22(34)27-21(28(14)35)13-20-18(25(27)16-11-23(41-2)29(36)24(12-16)42-3)7-8-19-26(20)31(38)33(30(19)37)17-6-4-5-15(10-17)32(39)40/h4-7,9-12,19-20,25-26,36H,8,13H2,1-3H3,(H,39,40)/t19-,20+,25-,26-/m0/s1. The zero-order valence-corrected chi connectivity index (χ0v) is 23.0. The first-order valence-electron chi connectivity index (χ1n) is 13.4. The number of amides is 2. The van der Waals surface area contributed by atoms with Crippen LogP contribution >= 0.6 is 0 Å². The fourth-order valence-electron chi connectivity index (χ4n) is 6.87. The molecule has 0 unspecified atom stereocenters. The van der Waals surface area contributed by atoms with Gasteiger partial charge in [-0.15, -0.1) is 0 Å². The van der Waals surface area contributed by atoms with Crippen LogP contribution in [0.15, 0.2) is 70.8 Å². The van der Waals surface area contributed by atoms with Crippen molar-refractivity contribution < 1.29 is 43.7 Å². The molecule has 1 fully saturated rings. The SMILES string of the molecule is COc1cc([C@H]2C3=CC[C@@H]4C(=O)N(c5cccc(C(=O)O)c5)C(=O)[C@@H]4[C@@H]3CC3=C2C(=O)C=C(C)C3=O)cc(OC)c1O. The largest absolute Gasteiger partial charge is 0.502 e. The van der Waals surface area contributed by atoms with Crippen molar-refractivity contribution >= 4 is 35.0 Å². The van der Waals surface area contributed by atoms with E-state index in [4.69, 9.17) is 9.47 Å². The Morgan fingerprint density at radius 3 is 2.31 bits per heavy atom. The Balaban J connectivity index is 1.50. The van der Waals surface area contributed by atoms with E-state index in [0.29, 0.717) is 22.3 Å². The number of carboxylic acids is 1. The van der Waals surface area contributed by atoms with E-state index in [2.05, 4.69) is 0 Å². The highest BCUT2D eigenvalue weighted by Gasteiger charge is 2.56. The first-order chi connectivity index (χ1) is 20.1. The number of ketones is 2. The average Bonchev–Trinajstić information content (AvgIpc) is 3.24. The first-order valence-corrected chi connectivity index (χ1v) is 13.4. The van der Waals surface area contributed by atoms with Gasteiger partial charge in [0.15, 0.2) is 23.1 Å².